The second kappa shape index (κ2) is 55.2. The van der Waals surface area contributed by atoms with Gasteiger partial charge in [-0.1, -0.05) is 30.4 Å². The van der Waals surface area contributed by atoms with Crippen LogP contribution in [0.5, 0.6) is 29.3 Å². The van der Waals surface area contributed by atoms with Crippen LogP contribution in [0.4, 0.5) is 11.8 Å². The Labute approximate surface area is 801 Å². The van der Waals surface area contributed by atoms with E-state index in [1.807, 2.05) is 73.2 Å². The molecule has 0 unspecified atom stereocenters. The summed E-state index contributed by atoms with van der Waals surface area (Å²) in [4.78, 5) is 75.3. The summed E-state index contributed by atoms with van der Waals surface area (Å²) in [6.07, 6.45) is 41.9. The number of piperidine rings is 9. The molecule has 728 valence electrons. The van der Waals surface area contributed by atoms with Crippen LogP contribution in [0.1, 0.15) is 225 Å². The predicted octanol–water partition coefficient (Wildman–Crippen LogP) is 15.2. The van der Waals surface area contributed by atoms with Gasteiger partial charge in [0.05, 0.1) is 45.9 Å². The molecule has 9 aliphatic heterocycles. The quantitative estimate of drug-likeness (QED) is 0.0965. The van der Waals surface area contributed by atoms with E-state index < -0.39 is 0 Å². The smallest absolute Gasteiger partial charge is 0.220 e. The monoisotopic (exact) mass is 1840 g/mol. The second-order valence-electron chi connectivity index (χ2n) is 38.4. The number of rotatable bonds is 13. The summed E-state index contributed by atoms with van der Waals surface area (Å²) in [5, 5.41) is 19.0. The number of carbonyl (C=O) groups is 1. The van der Waals surface area contributed by atoms with Crippen LogP contribution in [-0.4, -0.2) is 315 Å². The van der Waals surface area contributed by atoms with Gasteiger partial charge >= 0.3 is 0 Å². The van der Waals surface area contributed by atoms with E-state index in [0.717, 1.165) is 168 Å². The van der Waals surface area contributed by atoms with Crippen molar-refractivity contribution in [2.75, 3.05) is 221 Å². The van der Waals surface area contributed by atoms with E-state index >= 15 is 0 Å². The number of methoxy groups -OCH3 is 4. The molecular formula is C106H158N22O6. The van der Waals surface area contributed by atoms with Gasteiger partial charge < -0.3 is 79.6 Å². The highest BCUT2D eigenvalue weighted by atomic mass is 16.5. The van der Waals surface area contributed by atoms with Gasteiger partial charge in [0.15, 0.2) is 5.78 Å². The average Bonchev–Trinajstić information content (AvgIpc) is 0.798. The van der Waals surface area contributed by atoms with Crippen LogP contribution in [0.15, 0.2) is 146 Å². The highest BCUT2D eigenvalue weighted by molar-refractivity contribution is 5.98. The third kappa shape index (κ3) is 33.2. The van der Waals surface area contributed by atoms with Crippen LogP contribution in [0, 0.1) is 38.0 Å². The molecule has 0 spiro atoms. The lowest BCUT2D eigenvalue weighted by Crippen LogP contribution is -2.40. The molecular weight excluding hydrogens is 1680 g/mol. The van der Waals surface area contributed by atoms with Crippen molar-refractivity contribution in [1.29, 1.82) is 5.26 Å². The van der Waals surface area contributed by atoms with Crippen LogP contribution in [-0.2, 0) is 10.2 Å². The molecule has 10 aliphatic rings. The lowest BCUT2D eigenvalue weighted by Gasteiger charge is -2.34. The number of pyridine rings is 6. The number of likely N-dealkylation sites (tertiary alicyclic amines) is 9. The van der Waals surface area contributed by atoms with Crippen LogP contribution in [0.2, 0.25) is 0 Å². The number of nitrogen functional groups attached to an aromatic ring is 2. The first-order valence-electron chi connectivity index (χ1n) is 49.0. The van der Waals surface area contributed by atoms with Crippen molar-refractivity contribution in [2.24, 2.45) is 5.92 Å². The van der Waals surface area contributed by atoms with Crippen molar-refractivity contribution in [3.05, 3.63) is 208 Å². The maximum absolute atomic E-state index is 11.6. The summed E-state index contributed by atoms with van der Waals surface area (Å²) >= 11 is 0. The Morgan fingerprint density at radius 2 is 0.888 bits per heavy atom. The van der Waals surface area contributed by atoms with E-state index in [1.54, 1.807) is 77.6 Å². The largest absolute Gasteiger partial charge is 0.506 e. The van der Waals surface area contributed by atoms with Crippen LogP contribution in [0.3, 0.4) is 0 Å². The molecule has 1 aliphatic carbocycles. The van der Waals surface area contributed by atoms with Crippen molar-refractivity contribution < 1.29 is 28.8 Å². The van der Waals surface area contributed by atoms with E-state index in [1.165, 1.54) is 150 Å². The number of anilines is 2. The number of carbonyl (C=O) groups excluding carboxylic acids is 1. The van der Waals surface area contributed by atoms with E-state index in [4.69, 9.17) is 30.4 Å². The van der Waals surface area contributed by atoms with Crippen molar-refractivity contribution >= 4 is 17.5 Å². The SMILES string of the molecule is CN1CCC(C#N)(c2ccccn2)CC1.CN1CCC(C2=CC=CCC2=O)CC1.CN1CCC(c2ccnc(N)n2)CC1.CN1CCC(c2nccc(N)n2)CC1.CN1CCC(c2ncccc2O)CC1.COc1cc(C)c(C2CCN(C)CC2)cn1.COc1ncc(C2CCN(C)CC2)cc1C.COc1nccc(C)c1C1CCN(C)CC1.COc1ncccc1C1CCN(C)CC1. The number of Topliss-reactive ketones (excluding diaryl/α,β-unsaturated/α-hetero) is 1. The number of hydrogen-bond donors (Lipinski definition) is 3. The van der Waals surface area contributed by atoms with Crippen molar-refractivity contribution in [1.82, 2.24) is 93.9 Å². The van der Waals surface area contributed by atoms with Gasteiger partial charge in [-0.15, -0.1) is 0 Å². The molecule has 5 N–H and O–H groups in total. The van der Waals surface area contributed by atoms with Gasteiger partial charge in [-0.25, -0.2) is 39.9 Å². The van der Waals surface area contributed by atoms with Gasteiger partial charge in [-0.3, -0.25) is 14.8 Å². The molecule has 9 saturated heterocycles. The predicted molar refractivity (Wildman–Crippen MR) is 538 cm³/mol. The highest BCUT2D eigenvalue weighted by Gasteiger charge is 2.37. The summed E-state index contributed by atoms with van der Waals surface area (Å²) in [6.45, 7) is 26.7. The summed E-state index contributed by atoms with van der Waals surface area (Å²) in [5.74, 6) is 10.2. The maximum Gasteiger partial charge on any atom is 0.220 e. The van der Waals surface area contributed by atoms with E-state index in [0.29, 0.717) is 82.9 Å². The molecule has 134 heavy (non-hydrogen) atoms. The molecule has 28 nitrogen and oxygen atoms in total. The van der Waals surface area contributed by atoms with Crippen molar-refractivity contribution in [3.8, 4) is 35.3 Å². The lowest BCUT2D eigenvalue weighted by atomic mass is 9.77. The summed E-state index contributed by atoms with van der Waals surface area (Å²) in [6, 6.07) is 26.0. The highest BCUT2D eigenvalue weighted by Crippen LogP contribution is 2.40. The minimum Gasteiger partial charge on any atom is -0.506 e. The topological polar surface area (TPSA) is 308 Å². The van der Waals surface area contributed by atoms with Crippen LogP contribution in [0.25, 0.3) is 0 Å². The fourth-order valence-corrected chi connectivity index (χ4v) is 19.6. The van der Waals surface area contributed by atoms with Gasteiger partial charge in [-0.05, 0) is 430 Å². The van der Waals surface area contributed by atoms with E-state index in [2.05, 4.69) is 202 Å². The zero-order valence-electron chi connectivity index (χ0n) is 83.6. The molecule has 8 aromatic rings. The molecule has 9 fully saturated rings. The molecule has 0 atom stereocenters. The maximum atomic E-state index is 11.6. The van der Waals surface area contributed by atoms with Gasteiger partial charge in [0.25, 0.3) is 0 Å². The first-order chi connectivity index (χ1) is 64.8. The molecule has 28 heteroatoms. The molecule has 0 radical (unpaired) electrons. The zero-order chi connectivity index (χ0) is 95.9. The Kier molecular flexibility index (Phi) is 43.7. The Bertz CT molecular complexity index is 4810. The third-order valence-corrected chi connectivity index (χ3v) is 28.5. The summed E-state index contributed by atoms with van der Waals surface area (Å²) in [5.41, 5.74) is 23.9. The number of aryl methyl sites for hydroxylation is 3. The standard InChI is InChI=1S/3C13H20N2O.C12H15N3.C12H18N2O.C12H17NO.C11H16N2O.2C10H16N4/c1-10-4-7-14-13(16-3)12(10)11-5-8-15(2)9-6-11;1-10-8-13(16-3)14-9-12(10)11-4-6-15(2)7-5-11;1-10-8-12(9-14-13(10)16-3)11-4-6-15(2)7-5-11;1-15-8-5-12(10-13,6-9-15)11-4-2-3-7-14-11;1-14-8-5-10(6-9-14)11-4-3-7-13-12(11)15-2;1-13-8-6-10(7-9-13)11-4-2-3-5-12(11)14;1-13-7-4-9(5-8-13)11-10(14)3-2-6-12-11;1-14-6-3-8(4-7-14)10-12-5-2-9(11)13-10;1-14-6-3-8(4-7-14)9-2-5-12-10(11)13-9/h4,7,11H,5-6,8-9H2,1-3H3;2*8-9,11H,4-7H2,1-3H3;2-4,7H,5-6,8-9H2,1H3;3-4,7,10H,5-6,8-9H2,1-2H3;2-4,10H,5-9H2,1H3;2-3,6,9,14H,4-5,7-8H2,1H3;2*2,5,8H,3-4,6-7H2,1H3,(H2,11,12,13). The minimum atomic E-state index is -0.353. The first-order valence-corrected chi connectivity index (χ1v) is 49.0. The second-order valence-corrected chi connectivity index (χ2v) is 38.4. The number of nitriles is 1. The molecule has 8 aromatic heterocycles. The van der Waals surface area contributed by atoms with E-state index in [-0.39, 0.29) is 5.41 Å². The normalized spacial score (nSPS) is 20.0. The molecule has 0 aromatic carbocycles. The van der Waals surface area contributed by atoms with Gasteiger partial charge in [0.2, 0.25) is 29.5 Å². The third-order valence-electron chi connectivity index (χ3n) is 28.5. The van der Waals surface area contributed by atoms with Crippen LogP contribution < -0.4 is 30.4 Å². The molecule has 0 amide bonds. The molecule has 17 heterocycles. The number of aromatic nitrogens is 10. The van der Waals surface area contributed by atoms with Gasteiger partial charge in [-0.2, -0.15) is 5.26 Å². The summed E-state index contributed by atoms with van der Waals surface area (Å²) < 4.78 is 21.0. The molecule has 0 bridgehead atoms. The lowest BCUT2D eigenvalue weighted by molar-refractivity contribution is -0.115. The zero-order valence-corrected chi connectivity index (χ0v) is 83.6. The first kappa shape index (κ1) is 106. The summed E-state index contributed by atoms with van der Waals surface area (Å²) in [7, 11) is 26.2. The average molecular weight is 1840 g/mol. The number of aromatic hydroxyl groups is 1. The minimum absolute atomic E-state index is 0.335. The van der Waals surface area contributed by atoms with Crippen LogP contribution >= 0.6 is 0 Å². The fourth-order valence-electron chi connectivity index (χ4n) is 19.6. The Morgan fingerprint density at radius 1 is 0.410 bits per heavy atom. The van der Waals surface area contributed by atoms with E-state index in [9.17, 15) is 15.2 Å². The Hall–Kier alpha value is -10.1. The number of nitrogens with zero attached hydrogens (tertiary/aromatic N) is 20. The fraction of sp³-hybridized carbons (Fsp3) is 0.585. The van der Waals surface area contributed by atoms with Crippen molar-refractivity contribution in [3.63, 3.8) is 0 Å². The van der Waals surface area contributed by atoms with Gasteiger partial charge in [0, 0.05) is 102 Å². The number of ketones is 1. The number of hydrogen-bond acceptors (Lipinski definition) is 28. The number of nitrogens with two attached hydrogens (primary N) is 2. The number of allylic oxidation sites excluding steroid dienone is 4. The van der Waals surface area contributed by atoms with Crippen molar-refractivity contribution in [2.45, 2.75) is 190 Å². The molecule has 18 rings (SSSR count). The van der Waals surface area contributed by atoms with Gasteiger partial charge in [0.1, 0.15) is 22.8 Å². The number of ether oxygens (including phenoxy) is 4. The Balaban J connectivity index is 0.000000156. The molecule has 0 saturated carbocycles. The Morgan fingerprint density at radius 3 is 1.39 bits per heavy atom.